The van der Waals surface area contributed by atoms with Crippen LogP contribution in [0.25, 0.3) is 6.08 Å². The molecule has 0 aliphatic rings. The van der Waals surface area contributed by atoms with E-state index in [4.69, 9.17) is 9.47 Å². The molecule has 2 rings (SSSR count). The van der Waals surface area contributed by atoms with Crippen LogP contribution in [0.4, 0.5) is 5.69 Å². The minimum absolute atomic E-state index is 0.128. The van der Waals surface area contributed by atoms with Crippen molar-refractivity contribution in [1.29, 1.82) is 0 Å². The van der Waals surface area contributed by atoms with Gasteiger partial charge in [-0.1, -0.05) is 18.2 Å². The number of benzene rings is 2. The number of ketones is 1. The molecule has 0 spiro atoms. The zero-order valence-electron chi connectivity index (χ0n) is 16.7. The Morgan fingerprint density at radius 3 is 2.41 bits per heavy atom. The molecule has 0 aromatic heterocycles. The number of anilines is 1. The smallest absolute Gasteiger partial charge is 0.189 e. The predicted molar refractivity (Wildman–Crippen MR) is 111 cm³/mol. The first-order chi connectivity index (χ1) is 13.0. The maximum Gasteiger partial charge on any atom is 0.189 e. The van der Waals surface area contributed by atoms with Crippen molar-refractivity contribution in [1.82, 2.24) is 4.90 Å². The summed E-state index contributed by atoms with van der Waals surface area (Å²) in [6.45, 7) is 1.85. The van der Waals surface area contributed by atoms with Crippen molar-refractivity contribution in [3.63, 3.8) is 0 Å². The van der Waals surface area contributed by atoms with E-state index in [9.17, 15) is 4.79 Å². The van der Waals surface area contributed by atoms with Crippen LogP contribution in [0.1, 0.15) is 15.9 Å². The number of allylic oxidation sites excluding steroid dienone is 1. The molecule has 27 heavy (non-hydrogen) atoms. The van der Waals surface area contributed by atoms with Gasteiger partial charge in [0.2, 0.25) is 0 Å². The lowest BCUT2D eigenvalue weighted by molar-refractivity contribution is 0.104. The molecule has 0 atom stereocenters. The average molecular weight is 368 g/mol. The van der Waals surface area contributed by atoms with Gasteiger partial charge in [0.1, 0.15) is 11.5 Å². The van der Waals surface area contributed by atoms with Gasteiger partial charge >= 0.3 is 0 Å². The molecule has 144 valence electrons. The second-order valence-corrected chi connectivity index (χ2v) is 6.55. The van der Waals surface area contributed by atoms with Crippen molar-refractivity contribution >= 4 is 17.5 Å². The van der Waals surface area contributed by atoms with E-state index >= 15 is 0 Å². The van der Waals surface area contributed by atoms with E-state index in [-0.39, 0.29) is 5.78 Å². The largest absolute Gasteiger partial charge is 0.497 e. The summed E-state index contributed by atoms with van der Waals surface area (Å²) in [4.78, 5) is 17.1. The van der Waals surface area contributed by atoms with E-state index in [2.05, 4.69) is 37.0 Å². The molecular formula is C22H28N2O3. The van der Waals surface area contributed by atoms with E-state index in [0.717, 1.165) is 24.3 Å². The number of methoxy groups -OCH3 is 2. The lowest BCUT2D eigenvalue weighted by Gasteiger charge is -2.23. The standard InChI is InChI=1S/C22H28N2O3/c1-23(2)14-15-24(3)20-9-7-6-8-17(20)10-12-21(25)19-16-18(26-4)11-13-22(19)27-5/h6-13,16H,14-15H2,1-5H3. The first-order valence-electron chi connectivity index (χ1n) is 8.85. The van der Waals surface area contributed by atoms with Crippen LogP contribution in [0, 0.1) is 0 Å². The first kappa shape index (κ1) is 20.5. The number of hydrogen-bond acceptors (Lipinski definition) is 5. The Morgan fingerprint density at radius 1 is 1.00 bits per heavy atom. The molecule has 0 aliphatic carbocycles. The maximum atomic E-state index is 12.7. The predicted octanol–water partition coefficient (Wildman–Crippen LogP) is 3.60. The molecule has 0 saturated carbocycles. The van der Waals surface area contributed by atoms with Gasteiger partial charge in [0, 0.05) is 25.8 Å². The second kappa shape index (κ2) is 9.78. The van der Waals surface area contributed by atoms with Gasteiger partial charge in [-0.25, -0.2) is 0 Å². The fraction of sp³-hybridized carbons (Fsp3) is 0.318. The zero-order valence-corrected chi connectivity index (χ0v) is 16.7. The van der Waals surface area contributed by atoms with Gasteiger partial charge in [0.25, 0.3) is 0 Å². The number of hydrogen-bond donors (Lipinski definition) is 0. The van der Waals surface area contributed by atoms with Gasteiger partial charge in [0.05, 0.1) is 19.8 Å². The zero-order chi connectivity index (χ0) is 19.8. The summed E-state index contributed by atoms with van der Waals surface area (Å²) in [6, 6.07) is 13.3. The highest BCUT2D eigenvalue weighted by atomic mass is 16.5. The van der Waals surface area contributed by atoms with Crippen LogP contribution >= 0.6 is 0 Å². The van der Waals surface area contributed by atoms with Gasteiger partial charge in [0.15, 0.2) is 5.78 Å². The average Bonchev–Trinajstić information content (AvgIpc) is 2.69. The highest BCUT2D eigenvalue weighted by molar-refractivity contribution is 6.09. The van der Waals surface area contributed by atoms with Crippen LogP contribution in [0.5, 0.6) is 11.5 Å². The number of ether oxygens (including phenoxy) is 2. The quantitative estimate of drug-likeness (QED) is 0.500. The van der Waals surface area contributed by atoms with Crippen LogP contribution in [-0.4, -0.2) is 59.1 Å². The Bertz CT molecular complexity index is 800. The Balaban J connectivity index is 2.24. The minimum Gasteiger partial charge on any atom is -0.497 e. The number of rotatable bonds is 9. The molecule has 5 heteroatoms. The Morgan fingerprint density at radius 2 is 1.74 bits per heavy atom. The molecule has 0 amide bonds. The van der Waals surface area contributed by atoms with Gasteiger partial charge in [-0.15, -0.1) is 0 Å². The van der Waals surface area contributed by atoms with Crippen LogP contribution < -0.4 is 14.4 Å². The number of carbonyl (C=O) groups is 1. The fourth-order valence-corrected chi connectivity index (χ4v) is 2.71. The van der Waals surface area contributed by atoms with Gasteiger partial charge in [-0.05, 0) is 56.1 Å². The summed E-state index contributed by atoms with van der Waals surface area (Å²) in [6.07, 6.45) is 3.43. The molecule has 0 saturated heterocycles. The van der Waals surface area contributed by atoms with Crippen molar-refractivity contribution in [2.45, 2.75) is 0 Å². The molecule has 0 unspecified atom stereocenters. The molecular weight excluding hydrogens is 340 g/mol. The monoisotopic (exact) mass is 368 g/mol. The number of likely N-dealkylation sites (N-methyl/N-ethyl adjacent to an activating group) is 2. The fourth-order valence-electron chi connectivity index (χ4n) is 2.71. The lowest BCUT2D eigenvalue weighted by Crippen LogP contribution is -2.28. The van der Waals surface area contributed by atoms with E-state index < -0.39 is 0 Å². The van der Waals surface area contributed by atoms with Gasteiger partial charge < -0.3 is 19.3 Å². The third-order valence-corrected chi connectivity index (χ3v) is 4.32. The normalized spacial score (nSPS) is 11.0. The Kier molecular flexibility index (Phi) is 7.44. The van der Waals surface area contributed by atoms with E-state index in [1.807, 2.05) is 24.3 Å². The summed E-state index contributed by atoms with van der Waals surface area (Å²) in [5.41, 5.74) is 2.56. The van der Waals surface area contributed by atoms with E-state index in [0.29, 0.717) is 17.1 Å². The molecule has 2 aromatic rings. The number of nitrogens with zero attached hydrogens (tertiary/aromatic N) is 2. The van der Waals surface area contributed by atoms with Crippen molar-refractivity contribution in [3.8, 4) is 11.5 Å². The highest BCUT2D eigenvalue weighted by Gasteiger charge is 2.12. The van der Waals surface area contributed by atoms with Crippen LogP contribution in [0.3, 0.4) is 0 Å². The van der Waals surface area contributed by atoms with Gasteiger partial charge in [-0.3, -0.25) is 4.79 Å². The lowest BCUT2D eigenvalue weighted by atomic mass is 10.1. The maximum absolute atomic E-state index is 12.7. The Labute approximate surface area is 161 Å². The van der Waals surface area contributed by atoms with Gasteiger partial charge in [-0.2, -0.15) is 0 Å². The molecule has 0 fully saturated rings. The van der Waals surface area contributed by atoms with Crippen LogP contribution in [-0.2, 0) is 0 Å². The molecule has 0 heterocycles. The number of carbonyl (C=O) groups excluding carboxylic acids is 1. The summed E-state index contributed by atoms with van der Waals surface area (Å²) in [5.74, 6) is 1.02. The molecule has 2 aromatic carbocycles. The topological polar surface area (TPSA) is 42.0 Å². The van der Waals surface area contributed by atoms with Crippen LogP contribution in [0.2, 0.25) is 0 Å². The molecule has 5 nitrogen and oxygen atoms in total. The van der Waals surface area contributed by atoms with Crippen molar-refractivity contribution in [2.75, 3.05) is 53.4 Å². The summed E-state index contributed by atoms with van der Waals surface area (Å²) >= 11 is 0. The van der Waals surface area contributed by atoms with Crippen molar-refractivity contribution in [3.05, 3.63) is 59.7 Å². The number of para-hydroxylation sites is 1. The van der Waals surface area contributed by atoms with E-state index in [1.54, 1.807) is 38.5 Å². The third-order valence-electron chi connectivity index (χ3n) is 4.32. The molecule has 0 N–H and O–H groups in total. The SMILES string of the molecule is COc1ccc(OC)c(C(=O)C=Cc2ccccc2N(C)CCN(C)C)c1. The summed E-state index contributed by atoms with van der Waals surface area (Å²) in [5, 5.41) is 0. The van der Waals surface area contributed by atoms with Crippen LogP contribution in [0.15, 0.2) is 48.5 Å². The Hall–Kier alpha value is -2.79. The van der Waals surface area contributed by atoms with Crippen molar-refractivity contribution < 1.29 is 14.3 Å². The third kappa shape index (κ3) is 5.59. The van der Waals surface area contributed by atoms with Crippen molar-refractivity contribution in [2.24, 2.45) is 0 Å². The molecule has 0 aliphatic heterocycles. The second-order valence-electron chi connectivity index (χ2n) is 6.55. The summed E-state index contributed by atoms with van der Waals surface area (Å²) in [7, 11) is 9.30. The molecule has 0 radical (unpaired) electrons. The minimum atomic E-state index is -0.128. The molecule has 0 bridgehead atoms. The first-order valence-corrected chi connectivity index (χ1v) is 8.85. The highest BCUT2D eigenvalue weighted by Crippen LogP contribution is 2.26. The van der Waals surface area contributed by atoms with E-state index in [1.165, 1.54) is 0 Å². The summed E-state index contributed by atoms with van der Waals surface area (Å²) < 4.78 is 10.5.